The van der Waals surface area contributed by atoms with Gasteiger partial charge in [0.25, 0.3) is 0 Å². The Morgan fingerprint density at radius 3 is 2.67 bits per heavy atom. The molecule has 1 saturated carbocycles. The zero-order valence-electron chi connectivity index (χ0n) is 14.9. The first-order chi connectivity index (χ1) is 11.6. The monoisotopic (exact) mass is 333 g/mol. The lowest BCUT2D eigenvalue weighted by Gasteiger charge is -2.28. The zero-order chi connectivity index (χ0) is 17.4. The van der Waals surface area contributed by atoms with Gasteiger partial charge in [0, 0.05) is 12.5 Å². The molecule has 4 heteroatoms. The summed E-state index contributed by atoms with van der Waals surface area (Å²) in [5, 5.41) is 12.7. The third kappa shape index (κ3) is 6.25. The summed E-state index contributed by atoms with van der Waals surface area (Å²) >= 11 is 0. The maximum Gasteiger partial charge on any atom is 0.246 e. The van der Waals surface area contributed by atoms with Crippen LogP contribution in [0.2, 0.25) is 0 Å². The van der Waals surface area contributed by atoms with Crippen molar-refractivity contribution in [3.05, 3.63) is 35.9 Å². The molecule has 0 aliphatic heterocycles. The van der Waals surface area contributed by atoms with E-state index in [4.69, 9.17) is 4.74 Å². The Kier molecular flexibility index (Phi) is 7.73. The van der Waals surface area contributed by atoms with E-state index in [0.29, 0.717) is 18.9 Å². The molecule has 24 heavy (non-hydrogen) atoms. The van der Waals surface area contributed by atoms with Crippen LogP contribution in [0.5, 0.6) is 0 Å². The summed E-state index contributed by atoms with van der Waals surface area (Å²) in [6.45, 7) is 4.64. The quantitative estimate of drug-likeness (QED) is 0.768. The summed E-state index contributed by atoms with van der Waals surface area (Å²) in [5.74, 6) is 0.585. The van der Waals surface area contributed by atoms with Gasteiger partial charge in [0.1, 0.15) is 6.61 Å². The van der Waals surface area contributed by atoms with E-state index in [9.17, 15) is 9.90 Å². The van der Waals surface area contributed by atoms with Crippen molar-refractivity contribution in [2.45, 2.75) is 64.1 Å². The first-order valence-electron chi connectivity index (χ1n) is 9.17. The Morgan fingerprint density at radius 2 is 2.00 bits per heavy atom. The van der Waals surface area contributed by atoms with E-state index >= 15 is 0 Å². The Morgan fingerprint density at radius 1 is 1.29 bits per heavy atom. The second-order valence-electron chi connectivity index (χ2n) is 7.11. The molecule has 1 fully saturated rings. The van der Waals surface area contributed by atoms with Crippen molar-refractivity contribution in [2.75, 3.05) is 13.2 Å². The summed E-state index contributed by atoms with van der Waals surface area (Å²) < 4.78 is 5.81. The van der Waals surface area contributed by atoms with Gasteiger partial charge in [-0.3, -0.25) is 4.79 Å². The topological polar surface area (TPSA) is 58.6 Å². The van der Waals surface area contributed by atoms with E-state index in [1.165, 1.54) is 19.3 Å². The number of benzene rings is 1. The highest BCUT2D eigenvalue weighted by Gasteiger charge is 2.23. The summed E-state index contributed by atoms with van der Waals surface area (Å²) in [7, 11) is 0. The van der Waals surface area contributed by atoms with Crippen LogP contribution in [0.25, 0.3) is 0 Å². The Labute approximate surface area is 145 Å². The van der Waals surface area contributed by atoms with Gasteiger partial charge >= 0.3 is 0 Å². The number of aliphatic hydroxyl groups excluding tert-OH is 1. The summed E-state index contributed by atoms with van der Waals surface area (Å²) in [6, 6.07) is 10.0. The van der Waals surface area contributed by atoms with Gasteiger partial charge in [-0.15, -0.1) is 0 Å². The SMILES string of the molecule is CC(O)CC(CNC(=O)COC1CCCCC1C)c1ccccc1. The van der Waals surface area contributed by atoms with Crippen LogP contribution in [0.15, 0.2) is 30.3 Å². The van der Waals surface area contributed by atoms with E-state index in [0.717, 1.165) is 12.0 Å². The highest BCUT2D eigenvalue weighted by Crippen LogP contribution is 2.26. The number of rotatable bonds is 8. The molecule has 0 heterocycles. The molecule has 2 N–H and O–H groups in total. The van der Waals surface area contributed by atoms with E-state index in [1.807, 2.05) is 30.3 Å². The van der Waals surface area contributed by atoms with Crippen LogP contribution in [0.3, 0.4) is 0 Å². The van der Waals surface area contributed by atoms with Gasteiger partial charge in [0.2, 0.25) is 5.91 Å². The summed E-state index contributed by atoms with van der Waals surface area (Å²) in [4.78, 5) is 12.1. The van der Waals surface area contributed by atoms with Crippen molar-refractivity contribution in [3.63, 3.8) is 0 Å². The number of carbonyl (C=O) groups excluding carboxylic acids is 1. The molecule has 0 radical (unpaired) electrons. The van der Waals surface area contributed by atoms with E-state index < -0.39 is 6.10 Å². The van der Waals surface area contributed by atoms with Crippen molar-refractivity contribution in [3.8, 4) is 0 Å². The summed E-state index contributed by atoms with van der Waals surface area (Å²) in [6.07, 6.45) is 5.16. The van der Waals surface area contributed by atoms with E-state index in [2.05, 4.69) is 12.2 Å². The second-order valence-corrected chi connectivity index (χ2v) is 7.11. The Bertz CT molecular complexity index is 489. The number of carbonyl (C=O) groups is 1. The molecular formula is C20H31NO3. The molecule has 1 aliphatic rings. The maximum atomic E-state index is 12.1. The first-order valence-corrected chi connectivity index (χ1v) is 9.17. The molecule has 1 aliphatic carbocycles. The molecule has 2 rings (SSSR count). The van der Waals surface area contributed by atoms with Gasteiger partial charge < -0.3 is 15.2 Å². The van der Waals surface area contributed by atoms with Crippen LogP contribution in [-0.2, 0) is 9.53 Å². The van der Waals surface area contributed by atoms with Gasteiger partial charge in [-0.05, 0) is 37.7 Å². The minimum atomic E-state index is -0.397. The van der Waals surface area contributed by atoms with Gasteiger partial charge in [-0.25, -0.2) is 0 Å². The molecule has 1 amide bonds. The lowest BCUT2D eigenvalue weighted by molar-refractivity contribution is -0.129. The van der Waals surface area contributed by atoms with Crippen LogP contribution in [0.1, 0.15) is 57.4 Å². The molecule has 0 aromatic heterocycles. The second kappa shape index (κ2) is 9.80. The van der Waals surface area contributed by atoms with Crippen molar-refractivity contribution >= 4 is 5.91 Å². The van der Waals surface area contributed by atoms with Crippen molar-refractivity contribution < 1.29 is 14.6 Å². The molecule has 0 bridgehead atoms. The molecule has 4 unspecified atom stereocenters. The fourth-order valence-corrected chi connectivity index (χ4v) is 3.47. The fraction of sp³-hybridized carbons (Fsp3) is 0.650. The van der Waals surface area contributed by atoms with Crippen LogP contribution < -0.4 is 5.32 Å². The van der Waals surface area contributed by atoms with Crippen LogP contribution >= 0.6 is 0 Å². The largest absolute Gasteiger partial charge is 0.393 e. The number of hydrogen-bond acceptors (Lipinski definition) is 3. The molecular weight excluding hydrogens is 302 g/mol. The molecule has 134 valence electrons. The number of hydrogen-bond donors (Lipinski definition) is 2. The predicted octanol–water partition coefficient (Wildman–Crippen LogP) is 3.25. The third-order valence-electron chi connectivity index (χ3n) is 4.90. The molecule has 4 nitrogen and oxygen atoms in total. The predicted molar refractivity (Wildman–Crippen MR) is 95.9 cm³/mol. The lowest BCUT2D eigenvalue weighted by Crippen LogP contribution is -2.35. The van der Waals surface area contributed by atoms with Crippen molar-refractivity contribution in [1.82, 2.24) is 5.32 Å². The minimum absolute atomic E-state index is 0.0701. The molecule has 0 spiro atoms. The Hall–Kier alpha value is -1.39. The number of aliphatic hydroxyl groups is 1. The van der Waals surface area contributed by atoms with Gasteiger partial charge in [-0.2, -0.15) is 0 Å². The third-order valence-corrected chi connectivity index (χ3v) is 4.90. The first kappa shape index (κ1) is 18.9. The van der Waals surface area contributed by atoms with Crippen molar-refractivity contribution in [1.29, 1.82) is 0 Å². The average molecular weight is 333 g/mol. The molecule has 1 aromatic carbocycles. The smallest absolute Gasteiger partial charge is 0.246 e. The van der Waals surface area contributed by atoms with Crippen LogP contribution in [0.4, 0.5) is 0 Å². The highest BCUT2D eigenvalue weighted by atomic mass is 16.5. The van der Waals surface area contributed by atoms with Gasteiger partial charge in [0.15, 0.2) is 0 Å². The standard InChI is InChI=1S/C20H31NO3/c1-15-8-6-7-11-19(15)24-14-20(23)21-13-18(12-16(2)22)17-9-4-3-5-10-17/h3-5,9-10,15-16,18-19,22H,6-8,11-14H2,1-2H3,(H,21,23). The number of ether oxygens (including phenoxy) is 1. The highest BCUT2D eigenvalue weighted by molar-refractivity contribution is 5.77. The average Bonchev–Trinajstić information content (AvgIpc) is 2.58. The minimum Gasteiger partial charge on any atom is -0.393 e. The van der Waals surface area contributed by atoms with E-state index in [1.54, 1.807) is 6.92 Å². The lowest BCUT2D eigenvalue weighted by atomic mass is 9.88. The summed E-state index contributed by atoms with van der Waals surface area (Å²) in [5.41, 5.74) is 1.14. The molecule has 4 atom stereocenters. The number of amides is 1. The van der Waals surface area contributed by atoms with Gasteiger partial charge in [0.05, 0.1) is 12.2 Å². The number of nitrogens with one attached hydrogen (secondary N) is 1. The van der Waals surface area contributed by atoms with Gasteiger partial charge in [-0.1, -0.05) is 50.1 Å². The van der Waals surface area contributed by atoms with Crippen molar-refractivity contribution in [2.24, 2.45) is 5.92 Å². The van der Waals surface area contributed by atoms with Crippen LogP contribution in [0, 0.1) is 5.92 Å². The molecule has 0 saturated heterocycles. The Balaban J connectivity index is 1.79. The maximum absolute atomic E-state index is 12.1. The fourth-order valence-electron chi connectivity index (χ4n) is 3.47. The molecule has 1 aromatic rings. The van der Waals surface area contributed by atoms with E-state index in [-0.39, 0.29) is 24.5 Å². The van der Waals surface area contributed by atoms with Crippen LogP contribution in [-0.4, -0.2) is 36.4 Å². The normalized spacial score (nSPS) is 23.5. The zero-order valence-corrected chi connectivity index (χ0v) is 14.9.